The number of carbonyl (C=O) groups is 1. The van der Waals surface area contributed by atoms with E-state index in [-0.39, 0.29) is 0 Å². The predicted molar refractivity (Wildman–Crippen MR) is 79.1 cm³/mol. The SMILES string of the molecule is CC1CCCCC1N(C)C(=O)CN1CCCCCC1. The summed E-state index contributed by atoms with van der Waals surface area (Å²) >= 11 is 0. The Balaban J connectivity index is 1.83. The minimum atomic E-state index is 0.334. The summed E-state index contributed by atoms with van der Waals surface area (Å²) in [5.74, 6) is 1.01. The van der Waals surface area contributed by atoms with E-state index in [4.69, 9.17) is 0 Å². The molecule has 3 heteroatoms. The van der Waals surface area contributed by atoms with Crippen LogP contribution in [0.1, 0.15) is 58.3 Å². The second kappa shape index (κ2) is 7.28. The molecule has 110 valence electrons. The number of nitrogens with zero attached hydrogens (tertiary/aromatic N) is 2. The number of carbonyl (C=O) groups excluding carboxylic acids is 1. The van der Waals surface area contributed by atoms with Crippen LogP contribution in [0.5, 0.6) is 0 Å². The summed E-state index contributed by atoms with van der Waals surface area (Å²) in [7, 11) is 2.02. The highest BCUT2D eigenvalue weighted by atomic mass is 16.2. The quantitative estimate of drug-likeness (QED) is 0.784. The normalized spacial score (nSPS) is 29.8. The van der Waals surface area contributed by atoms with Crippen molar-refractivity contribution in [2.24, 2.45) is 5.92 Å². The summed E-state index contributed by atoms with van der Waals surface area (Å²) in [6, 6.07) is 0.480. The Bertz CT molecular complexity index is 284. The van der Waals surface area contributed by atoms with Crippen LogP contribution in [0.25, 0.3) is 0 Å². The van der Waals surface area contributed by atoms with Gasteiger partial charge in [-0.1, -0.05) is 32.6 Å². The van der Waals surface area contributed by atoms with Crippen LogP contribution in [-0.2, 0) is 4.79 Å². The average molecular weight is 266 g/mol. The van der Waals surface area contributed by atoms with Crippen LogP contribution in [-0.4, -0.2) is 48.4 Å². The van der Waals surface area contributed by atoms with Crippen LogP contribution in [0.15, 0.2) is 0 Å². The molecule has 0 aromatic rings. The molecule has 2 fully saturated rings. The molecule has 2 atom stereocenters. The van der Waals surface area contributed by atoms with Crippen LogP contribution in [0.3, 0.4) is 0 Å². The van der Waals surface area contributed by atoms with E-state index in [1.54, 1.807) is 0 Å². The molecule has 2 aliphatic rings. The first kappa shape index (κ1) is 14.8. The lowest BCUT2D eigenvalue weighted by molar-refractivity contribution is -0.134. The van der Waals surface area contributed by atoms with Crippen molar-refractivity contribution >= 4 is 5.91 Å². The third-order valence-electron chi connectivity index (χ3n) is 5.01. The van der Waals surface area contributed by atoms with Crippen LogP contribution in [0.4, 0.5) is 0 Å². The Kier molecular flexibility index (Phi) is 5.68. The summed E-state index contributed by atoms with van der Waals surface area (Å²) in [6.07, 6.45) is 10.3. The summed E-state index contributed by atoms with van der Waals surface area (Å²) in [6.45, 7) is 5.17. The monoisotopic (exact) mass is 266 g/mol. The number of hydrogen-bond donors (Lipinski definition) is 0. The lowest BCUT2D eigenvalue weighted by Crippen LogP contribution is -2.47. The number of likely N-dealkylation sites (tertiary alicyclic amines) is 1. The van der Waals surface area contributed by atoms with E-state index in [2.05, 4.69) is 16.7 Å². The fourth-order valence-corrected chi connectivity index (χ4v) is 3.65. The molecule has 19 heavy (non-hydrogen) atoms. The standard InChI is InChI=1S/C16H30N2O/c1-14-9-5-6-10-15(14)17(2)16(19)13-18-11-7-3-4-8-12-18/h14-15H,3-13H2,1-2H3. The molecular weight excluding hydrogens is 236 g/mol. The van der Waals surface area contributed by atoms with Gasteiger partial charge in [-0.2, -0.15) is 0 Å². The predicted octanol–water partition coefficient (Wildman–Crippen LogP) is 2.90. The van der Waals surface area contributed by atoms with E-state index < -0.39 is 0 Å². The third kappa shape index (κ3) is 4.20. The minimum absolute atomic E-state index is 0.334. The highest BCUT2D eigenvalue weighted by Crippen LogP contribution is 2.27. The fraction of sp³-hybridized carbons (Fsp3) is 0.938. The van der Waals surface area contributed by atoms with E-state index in [0.717, 1.165) is 13.1 Å². The first-order chi connectivity index (χ1) is 9.18. The van der Waals surface area contributed by atoms with E-state index in [9.17, 15) is 4.79 Å². The molecule has 3 nitrogen and oxygen atoms in total. The van der Waals surface area contributed by atoms with Crippen molar-refractivity contribution < 1.29 is 4.79 Å². The van der Waals surface area contributed by atoms with Crippen molar-refractivity contribution in [3.63, 3.8) is 0 Å². The number of rotatable bonds is 3. The zero-order valence-electron chi connectivity index (χ0n) is 12.7. The Labute approximate surface area is 118 Å². The lowest BCUT2D eigenvalue weighted by atomic mass is 9.85. The molecule has 1 saturated heterocycles. The molecule has 0 N–H and O–H groups in total. The maximum absolute atomic E-state index is 12.5. The Morgan fingerprint density at radius 1 is 1.05 bits per heavy atom. The fourth-order valence-electron chi connectivity index (χ4n) is 3.65. The van der Waals surface area contributed by atoms with Gasteiger partial charge in [0.25, 0.3) is 0 Å². The van der Waals surface area contributed by atoms with Crippen molar-refractivity contribution in [3.05, 3.63) is 0 Å². The van der Waals surface area contributed by atoms with Gasteiger partial charge < -0.3 is 4.90 Å². The lowest BCUT2D eigenvalue weighted by Gasteiger charge is -2.37. The smallest absolute Gasteiger partial charge is 0.236 e. The van der Waals surface area contributed by atoms with Gasteiger partial charge >= 0.3 is 0 Å². The van der Waals surface area contributed by atoms with Crippen LogP contribution >= 0.6 is 0 Å². The van der Waals surface area contributed by atoms with Crippen molar-refractivity contribution in [1.82, 2.24) is 9.80 Å². The Hall–Kier alpha value is -0.570. The van der Waals surface area contributed by atoms with E-state index in [1.807, 2.05) is 7.05 Å². The molecule has 2 unspecified atom stereocenters. The van der Waals surface area contributed by atoms with Gasteiger partial charge in [-0.05, 0) is 44.7 Å². The molecule has 1 aliphatic heterocycles. The van der Waals surface area contributed by atoms with Crippen LogP contribution in [0, 0.1) is 5.92 Å². The second-order valence-electron chi connectivity index (χ2n) is 6.52. The van der Waals surface area contributed by atoms with Crippen molar-refractivity contribution in [2.45, 2.75) is 64.3 Å². The maximum Gasteiger partial charge on any atom is 0.236 e. The summed E-state index contributed by atoms with van der Waals surface area (Å²) < 4.78 is 0. The molecule has 0 spiro atoms. The molecule has 0 aromatic heterocycles. The zero-order valence-corrected chi connectivity index (χ0v) is 12.7. The van der Waals surface area contributed by atoms with Crippen LogP contribution < -0.4 is 0 Å². The van der Waals surface area contributed by atoms with Crippen molar-refractivity contribution in [1.29, 1.82) is 0 Å². The molecule has 1 aliphatic carbocycles. The van der Waals surface area contributed by atoms with Gasteiger partial charge in [0.15, 0.2) is 0 Å². The van der Waals surface area contributed by atoms with Crippen LogP contribution in [0.2, 0.25) is 0 Å². The highest BCUT2D eigenvalue weighted by Gasteiger charge is 2.28. The molecule has 0 radical (unpaired) electrons. The average Bonchev–Trinajstić information content (AvgIpc) is 2.67. The molecule has 0 bridgehead atoms. The van der Waals surface area contributed by atoms with E-state index in [0.29, 0.717) is 24.4 Å². The highest BCUT2D eigenvalue weighted by molar-refractivity contribution is 5.78. The van der Waals surface area contributed by atoms with E-state index >= 15 is 0 Å². The summed E-state index contributed by atoms with van der Waals surface area (Å²) in [4.78, 5) is 16.9. The van der Waals surface area contributed by atoms with Gasteiger partial charge in [0, 0.05) is 13.1 Å². The molecular formula is C16H30N2O. The molecule has 0 aromatic carbocycles. The molecule has 1 heterocycles. The van der Waals surface area contributed by atoms with Crippen molar-refractivity contribution in [2.75, 3.05) is 26.7 Å². The minimum Gasteiger partial charge on any atom is -0.341 e. The van der Waals surface area contributed by atoms with Crippen molar-refractivity contribution in [3.8, 4) is 0 Å². The zero-order chi connectivity index (χ0) is 13.7. The number of hydrogen-bond acceptors (Lipinski definition) is 2. The summed E-state index contributed by atoms with van der Waals surface area (Å²) in [5.41, 5.74) is 0. The van der Waals surface area contributed by atoms with Gasteiger partial charge in [0.2, 0.25) is 5.91 Å². The summed E-state index contributed by atoms with van der Waals surface area (Å²) in [5, 5.41) is 0. The largest absolute Gasteiger partial charge is 0.341 e. The molecule has 1 saturated carbocycles. The van der Waals surface area contributed by atoms with Gasteiger partial charge in [0.05, 0.1) is 6.54 Å². The van der Waals surface area contributed by atoms with Gasteiger partial charge in [-0.15, -0.1) is 0 Å². The first-order valence-corrected chi connectivity index (χ1v) is 8.16. The maximum atomic E-state index is 12.5. The topological polar surface area (TPSA) is 23.6 Å². The Morgan fingerprint density at radius 3 is 2.32 bits per heavy atom. The van der Waals surface area contributed by atoms with E-state index in [1.165, 1.54) is 51.4 Å². The molecule has 1 amide bonds. The molecule has 2 rings (SSSR count). The second-order valence-corrected chi connectivity index (χ2v) is 6.52. The Morgan fingerprint density at radius 2 is 1.68 bits per heavy atom. The number of amides is 1. The van der Waals surface area contributed by atoms with Gasteiger partial charge in [-0.25, -0.2) is 0 Å². The third-order valence-corrected chi connectivity index (χ3v) is 5.01. The van der Waals surface area contributed by atoms with Gasteiger partial charge in [0.1, 0.15) is 0 Å². The number of likely N-dealkylation sites (N-methyl/N-ethyl adjacent to an activating group) is 1. The first-order valence-electron chi connectivity index (χ1n) is 8.16. The van der Waals surface area contributed by atoms with Gasteiger partial charge in [-0.3, -0.25) is 9.69 Å².